The Balaban J connectivity index is 2.48. The molecule has 1 heterocycles. The molecule has 0 bridgehead atoms. The van der Waals surface area contributed by atoms with Crippen molar-refractivity contribution < 1.29 is 13.2 Å². The summed E-state index contributed by atoms with van der Waals surface area (Å²) < 4.78 is 23.8. The van der Waals surface area contributed by atoms with Crippen LogP contribution in [0.1, 0.15) is 6.42 Å². The van der Waals surface area contributed by atoms with E-state index in [1.807, 2.05) is 0 Å². The zero-order chi connectivity index (χ0) is 11.6. The average Bonchev–Trinajstić information content (AvgIpc) is 2.51. The van der Waals surface area contributed by atoms with Crippen molar-refractivity contribution in [2.24, 2.45) is 0 Å². The van der Waals surface area contributed by atoms with E-state index in [4.69, 9.17) is 0 Å². The highest BCUT2D eigenvalue weighted by atomic mass is 32.2. The van der Waals surface area contributed by atoms with Crippen LogP contribution < -0.4 is 5.32 Å². The maximum Gasteiger partial charge on any atom is 0.317 e. The lowest BCUT2D eigenvalue weighted by Crippen LogP contribution is -2.43. The highest BCUT2D eigenvalue weighted by Crippen LogP contribution is 2.12. The number of nitrogens with one attached hydrogen (secondary N) is 1. The Morgan fingerprint density at radius 1 is 1.47 bits per heavy atom. The summed E-state index contributed by atoms with van der Waals surface area (Å²) in [5, 5.41) is 2.76. The number of amides is 2. The van der Waals surface area contributed by atoms with E-state index in [0.29, 0.717) is 19.5 Å². The number of urea groups is 1. The van der Waals surface area contributed by atoms with Crippen molar-refractivity contribution in [2.45, 2.75) is 12.5 Å². The Hall–Kier alpha value is -0.820. The van der Waals surface area contributed by atoms with Gasteiger partial charge in [0.05, 0.1) is 6.26 Å². The Morgan fingerprint density at radius 3 is 2.47 bits per heavy atom. The molecule has 0 aromatic carbocycles. The van der Waals surface area contributed by atoms with Crippen molar-refractivity contribution in [3.8, 4) is 0 Å². The molecule has 0 aromatic heterocycles. The van der Waals surface area contributed by atoms with Gasteiger partial charge in [0, 0.05) is 33.2 Å². The van der Waals surface area contributed by atoms with Gasteiger partial charge in [-0.15, -0.1) is 0 Å². The topological polar surface area (TPSA) is 69.7 Å². The molecule has 1 saturated heterocycles. The van der Waals surface area contributed by atoms with Gasteiger partial charge in [-0.1, -0.05) is 0 Å². The van der Waals surface area contributed by atoms with Gasteiger partial charge in [-0.25, -0.2) is 17.5 Å². The molecule has 0 spiro atoms. The van der Waals surface area contributed by atoms with Gasteiger partial charge in [0.15, 0.2) is 0 Å². The third-order valence-corrected chi connectivity index (χ3v) is 3.62. The Labute approximate surface area is 90.3 Å². The summed E-state index contributed by atoms with van der Waals surface area (Å²) in [5.41, 5.74) is 0. The van der Waals surface area contributed by atoms with Gasteiger partial charge in [-0.2, -0.15) is 0 Å². The van der Waals surface area contributed by atoms with Crippen LogP contribution in [0.15, 0.2) is 0 Å². The van der Waals surface area contributed by atoms with E-state index >= 15 is 0 Å². The van der Waals surface area contributed by atoms with Crippen LogP contribution >= 0.6 is 0 Å². The third-order valence-electron chi connectivity index (χ3n) is 2.35. The number of nitrogens with zero attached hydrogens (tertiary/aromatic N) is 2. The van der Waals surface area contributed by atoms with E-state index in [1.54, 1.807) is 14.1 Å². The second kappa shape index (κ2) is 4.36. The van der Waals surface area contributed by atoms with Gasteiger partial charge in [0.25, 0.3) is 0 Å². The maximum atomic E-state index is 11.3. The van der Waals surface area contributed by atoms with E-state index in [0.717, 1.165) is 0 Å². The van der Waals surface area contributed by atoms with Gasteiger partial charge in [-0.05, 0) is 6.42 Å². The zero-order valence-electron chi connectivity index (χ0n) is 9.23. The minimum Gasteiger partial charge on any atom is -0.334 e. The predicted molar refractivity (Wildman–Crippen MR) is 57.0 cm³/mol. The van der Waals surface area contributed by atoms with Crippen molar-refractivity contribution in [1.82, 2.24) is 14.5 Å². The van der Waals surface area contributed by atoms with Gasteiger partial charge in [0.1, 0.15) is 0 Å². The molecule has 7 heteroatoms. The number of carbonyl (C=O) groups excluding carboxylic acids is 1. The molecule has 1 rings (SSSR count). The summed E-state index contributed by atoms with van der Waals surface area (Å²) in [6.45, 7) is 0.857. The molecule has 88 valence electrons. The molecule has 6 nitrogen and oxygen atoms in total. The van der Waals surface area contributed by atoms with Gasteiger partial charge in [0.2, 0.25) is 10.0 Å². The molecule has 0 saturated carbocycles. The molecular weight excluding hydrogens is 218 g/mol. The first-order valence-electron chi connectivity index (χ1n) is 4.73. The largest absolute Gasteiger partial charge is 0.334 e. The fraction of sp³-hybridized carbons (Fsp3) is 0.875. The van der Waals surface area contributed by atoms with Crippen LogP contribution in [-0.4, -0.2) is 63.1 Å². The normalized spacial score (nSPS) is 22.7. The van der Waals surface area contributed by atoms with Crippen LogP contribution in [0.5, 0.6) is 0 Å². The molecule has 2 amide bonds. The van der Waals surface area contributed by atoms with Crippen LogP contribution in [0.3, 0.4) is 0 Å². The quantitative estimate of drug-likeness (QED) is 0.687. The minimum absolute atomic E-state index is 0.0744. The summed E-state index contributed by atoms with van der Waals surface area (Å²) in [7, 11) is 0.180. The summed E-state index contributed by atoms with van der Waals surface area (Å²) in [4.78, 5) is 12.7. The fourth-order valence-electron chi connectivity index (χ4n) is 1.45. The second-order valence-electron chi connectivity index (χ2n) is 3.95. The van der Waals surface area contributed by atoms with Crippen molar-refractivity contribution in [3.63, 3.8) is 0 Å². The molecule has 0 aromatic rings. The predicted octanol–water partition coefficient (Wildman–Crippen LogP) is -0.708. The third kappa shape index (κ3) is 3.35. The van der Waals surface area contributed by atoms with Gasteiger partial charge < -0.3 is 10.2 Å². The SMILES string of the molecule is CN(C)C(=O)NC1CCN(S(C)(=O)=O)C1. The standard InChI is InChI=1S/C8H17N3O3S/c1-10(2)8(12)9-7-4-5-11(6-7)15(3,13)14/h7H,4-6H2,1-3H3,(H,9,12). The van der Waals surface area contributed by atoms with Gasteiger partial charge in [-0.3, -0.25) is 0 Å². The zero-order valence-corrected chi connectivity index (χ0v) is 10.0. The highest BCUT2D eigenvalue weighted by Gasteiger charge is 2.29. The van der Waals surface area contributed by atoms with Crippen molar-refractivity contribution in [3.05, 3.63) is 0 Å². The number of rotatable bonds is 2. The Kier molecular flexibility index (Phi) is 3.56. The number of sulfonamides is 1. The number of hydrogen-bond acceptors (Lipinski definition) is 3. The lowest BCUT2D eigenvalue weighted by molar-refractivity contribution is 0.213. The van der Waals surface area contributed by atoms with E-state index in [-0.39, 0.29) is 12.1 Å². The molecule has 1 aliphatic heterocycles. The molecule has 1 unspecified atom stereocenters. The second-order valence-corrected chi connectivity index (χ2v) is 5.93. The maximum absolute atomic E-state index is 11.3. The Bertz CT molecular complexity index is 339. The van der Waals surface area contributed by atoms with Crippen LogP contribution in [-0.2, 0) is 10.0 Å². The number of carbonyl (C=O) groups is 1. The first kappa shape index (κ1) is 12.3. The van der Waals surface area contributed by atoms with Gasteiger partial charge >= 0.3 is 6.03 Å². The first-order valence-corrected chi connectivity index (χ1v) is 6.58. The first-order chi connectivity index (χ1) is 6.80. The lowest BCUT2D eigenvalue weighted by atomic mass is 10.3. The molecule has 0 radical (unpaired) electrons. The van der Waals surface area contributed by atoms with Crippen LogP contribution in [0, 0.1) is 0 Å². The highest BCUT2D eigenvalue weighted by molar-refractivity contribution is 7.88. The van der Waals surface area contributed by atoms with E-state index in [2.05, 4.69) is 5.32 Å². The van der Waals surface area contributed by atoms with Crippen LogP contribution in [0.4, 0.5) is 4.79 Å². The molecule has 1 aliphatic rings. The average molecular weight is 235 g/mol. The molecule has 0 aliphatic carbocycles. The van der Waals surface area contributed by atoms with Crippen molar-refractivity contribution in [1.29, 1.82) is 0 Å². The molecule has 1 N–H and O–H groups in total. The van der Waals surface area contributed by atoms with Crippen LogP contribution in [0.25, 0.3) is 0 Å². The minimum atomic E-state index is -3.12. The van der Waals surface area contributed by atoms with Crippen LogP contribution in [0.2, 0.25) is 0 Å². The monoisotopic (exact) mass is 235 g/mol. The molecule has 15 heavy (non-hydrogen) atoms. The van der Waals surface area contributed by atoms with E-state index in [9.17, 15) is 13.2 Å². The Morgan fingerprint density at radius 2 is 2.07 bits per heavy atom. The van der Waals surface area contributed by atoms with Crippen molar-refractivity contribution in [2.75, 3.05) is 33.4 Å². The number of hydrogen-bond donors (Lipinski definition) is 1. The molecule has 1 atom stereocenters. The molecular formula is C8H17N3O3S. The fourth-order valence-corrected chi connectivity index (χ4v) is 2.34. The summed E-state index contributed by atoms with van der Waals surface area (Å²) >= 11 is 0. The van der Waals surface area contributed by atoms with E-state index in [1.165, 1.54) is 15.5 Å². The lowest BCUT2D eigenvalue weighted by Gasteiger charge is -2.17. The smallest absolute Gasteiger partial charge is 0.317 e. The van der Waals surface area contributed by atoms with Crippen molar-refractivity contribution >= 4 is 16.1 Å². The summed E-state index contributed by atoms with van der Waals surface area (Å²) in [6, 6.07) is -0.259. The molecule has 1 fully saturated rings. The summed E-state index contributed by atoms with van der Waals surface area (Å²) in [6.07, 6.45) is 1.86. The summed E-state index contributed by atoms with van der Waals surface area (Å²) in [5.74, 6) is 0. The van der Waals surface area contributed by atoms with E-state index < -0.39 is 10.0 Å².